The molecular weight excluding hydrogens is 362 g/mol. The first kappa shape index (κ1) is 19.5. The van der Waals surface area contributed by atoms with E-state index < -0.39 is 0 Å². The van der Waals surface area contributed by atoms with Gasteiger partial charge in [-0.1, -0.05) is 25.1 Å². The number of nitrogens with zero attached hydrogens (tertiary/aromatic N) is 2. The molecule has 1 saturated heterocycles. The van der Waals surface area contributed by atoms with Gasteiger partial charge in [0.1, 0.15) is 0 Å². The van der Waals surface area contributed by atoms with Crippen LogP contribution in [0.1, 0.15) is 38.2 Å². The second-order valence-corrected chi connectivity index (χ2v) is 8.00. The quantitative estimate of drug-likeness (QED) is 0.824. The van der Waals surface area contributed by atoms with Crippen molar-refractivity contribution in [1.29, 1.82) is 0 Å². The fourth-order valence-electron chi connectivity index (χ4n) is 4.37. The Kier molecular flexibility index (Phi) is 5.84. The van der Waals surface area contributed by atoms with Gasteiger partial charge in [-0.3, -0.25) is 9.59 Å². The summed E-state index contributed by atoms with van der Waals surface area (Å²) in [4.78, 5) is 29.1. The van der Waals surface area contributed by atoms with Crippen molar-refractivity contribution < 1.29 is 9.59 Å². The fourth-order valence-corrected chi connectivity index (χ4v) is 4.37. The van der Waals surface area contributed by atoms with Gasteiger partial charge in [-0.15, -0.1) is 0 Å². The van der Waals surface area contributed by atoms with Crippen LogP contribution in [0.2, 0.25) is 0 Å². The van der Waals surface area contributed by atoms with Crippen LogP contribution in [-0.2, 0) is 16.0 Å². The Hall–Kier alpha value is -2.82. The second kappa shape index (κ2) is 8.68. The van der Waals surface area contributed by atoms with Crippen LogP contribution in [0.3, 0.4) is 0 Å². The number of nitrogens with one attached hydrogen (secondary N) is 1. The van der Waals surface area contributed by atoms with E-state index in [-0.39, 0.29) is 17.7 Å². The lowest BCUT2D eigenvalue weighted by Crippen LogP contribution is -2.43. The molecule has 5 heteroatoms. The van der Waals surface area contributed by atoms with Gasteiger partial charge in [0.25, 0.3) is 0 Å². The minimum atomic E-state index is -0.130. The van der Waals surface area contributed by atoms with Crippen molar-refractivity contribution in [3.05, 3.63) is 54.1 Å². The maximum atomic E-state index is 12.7. The van der Waals surface area contributed by atoms with Crippen LogP contribution < -0.4 is 10.2 Å². The lowest BCUT2D eigenvalue weighted by Gasteiger charge is -2.32. The third kappa shape index (κ3) is 4.29. The van der Waals surface area contributed by atoms with Gasteiger partial charge in [0.15, 0.2) is 0 Å². The summed E-state index contributed by atoms with van der Waals surface area (Å²) in [7, 11) is 0. The van der Waals surface area contributed by atoms with E-state index in [9.17, 15) is 9.59 Å². The van der Waals surface area contributed by atoms with Crippen LogP contribution in [-0.4, -0.2) is 36.3 Å². The Morgan fingerprint density at radius 3 is 2.66 bits per heavy atom. The van der Waals surface area contributed by atoms with E-state index in [0.29, 0.717) is 13.0 Å². The van der Waals surface area contributed by atoms with Crippen molar-refractivity contribution in [2.24, 2.45) is 5.92 Å². The molecule has 2 amide bonds. The van der Waals surface area contributed by atoms with Crippen molar-refractivity contribution in [2.75, 3.05) is 29.9 Å². The molecule has 5 nitrogen and oxygen atoms in total. The van der Waals surface area contributed by atoms with Crippen molar-refractivity contribution in [1.82, 2.24) is 4.90 Å². The van der Waals surface area contributed by atoms with Gasteiger partial charge in [0, 0.05) is 43.1 Å². The SMILES string of the molecule is CCCC(=O)N1CCCC(C(=O)Nc2ccc(N3CCc4ccccc43)cc2)C1. The molecule has 0 spiro atoms. The number of para-hydroxylation sites is 1. The Labute approximate surface area is 172 Å². The number of likely N-dealkylation sites (tertiary alicyclic amines) is 1. The number of hydrogen-bond donors (Lipinski definition) is 1. The summed E-state index contributed by atoms with van der Waals surface area (Å²) in [6, 6.07) is 16.6. The smallest absolute Gasteiger partial charge is 0.229 e. The fraction of sp³-hybridized carbons (Fsp3) is 0.417. The van der Waals surface area contributed by atoms with Crippen LogP contribution in [0.25, 0.3) is 0 Å². The summed E-state index contributed by atoms with van der Waals surface area (Å²) in [6.07, 6.45) is 4.20. The van der Waals surface area contributed by atoms with Gasteiger partial charge in [-0.2, -0.15) is 0 Å². The summed E-state index contributed by atoms with van der Waals surface area (Å²) in [5, 5.41) is 3.04. The summed E-state index contributed by atoms with van der Waals surface area (Å²) in [5.41, 5.74) is 4.60. The van der Waals surface area contributed by atoms with Gasteiger partial charge in [0.05, 0.1) is 5.92 Å². The Bertz CT molecular complexity index is 878. The van der Waals surface area contributed by atoms with Crippen molar-refractivity contribution in [3.63, 3.8) is 0 Å². The zero-order valence-electron chi connectivity index (χ0n) is 17.1. The van der Waals surface area contributed by atoms with E-state index >= 15 is 0 Å². The number of carbonyl (C=O) groups excluding carboxylic acids is 2. The molecule has 29 heavy (non-hydrogen) atoms. The number of hydrogen-bond acceptors (Lipinski definition) is 3. The van der Waals surface area contributed by atoms with Gasteiger partial charge < -0.3 is 15.1 Å². The lowest BCUT2D eigenvalue weighted by atomic mass is 9.96. The standard InChI is InChI=1S/C24H29N3O2/c1-2-6-23(28)26-15-5-8-19(17-26)24(29)25-20-10-12-21(13-11-20)27-16-14-18-7-3-4-9-22(18)27/h3-4,7,9-13,19H,2,5-6,8,14-17H2,1H3,(H,25,29). The predicted octanol–water partition coefficient (Wildman–Crippen LogP) is 4.36. The molecule has 1 fully saturated rings. The van der Waals surface area contributed by atoms with Crippen LogP contribution in [0.5, 0.6) is 0 Å². The summed E-state index contributed by atoms with van der Waals surface area (Å²) in [6.45, 7) is 4.30. The molecule has 2 heterocycles. The highest BCUT2D eigenvalue weighted by molar-refractivity contribution is 5.93. The zero-order chi connectivity index (χ0) is 20.2. The number of anilines is 3. The number of benzene rings is 2. The molecule has 0 radical (unpaired) electrons. The molecule has 0 saturated carbocycles. The highest BCUT2D eigenvalue weighted by Crippen LogP contribution is 2.34. The monoisotopic (exact) mass is 391 g/mol. The maximum Gasteiger partial charge on any atom is 0.229 e. The minimum Gasteiger partial charge on any atom is -0.342 e. The summed E-state index contributed by atoms with van der Waals surface area (Å²) < 4.78 is 0. The van der Waals surface area contributed by atoms with Gasteiger partial charge in [0.2, 0.25) is 11.8 Å². The molecule has 2 aliphatic heterocycles. The lowest BCUT2D eigenvalue weighted by molar-refractivity contribution is -0.134. The van der Waals surface area contributed by atoms with E-state index in [2.05, 4.69) is 46.6 Å². The average Bonchev–Trinajstić information content (AvgIpc) is 3.19. The summed E-state index contributed by atoms with van der Waals surface area (Å²) in [5.74, 6) is 0.0493. The number of amides is 2. The first-order valence-electron chi connectivity index (χ1n) is 10.7. The molecular formula is C24H29N3O2. The molecule has 0 aromatic heterocycles. The summed E-state index contributed by atoms with van der Waals surface area (Å²) >= 11 is 0. The van der Waals surface area contributed by atoms with Crippen molar-refractivity contribution in [2.45, 2.75) is 39.0 Å². The number of rotatable bonds is 5. The number of piperidine rings is 1. The van der Waals surface area contributed by atoms with Crippen molar-refractivity contribution >= 4 is 28.9 Å². The number of fused-ring (bicyclic) bond motifs is 1. The Morgan fingerprint density at radius 2 is 1.86 bits per heavy atom. The van der Waals surface area contributed by atoms with E-state index in [1.165, 1.54) is 11.3 Å². The maximum absolute atomic E-state index is 12.7. The van der Waals surface area contributed by atoms with Crippen LogP contribution in [0, 0.1) is 5.92 Å². The minimum absolute atomic E-state index is 0.0123. The average molecular weight is 392 g/mol. The van der Waals surface area contributed by atoms with E-state index in [4.69, 9.17) is 0 Å². The molecule has 1 atom stereocenters. The van der Waals surface area contributed by atoms with Gasteiger partial charge >= 0.3 is 0 Å². The van der Waals surface area contributed by atoms with Crippen LogP contribution >= 0.6 is 0 Å². The molecule has 2 aromatic carbocycles. The predicted molar refractivity (Wildman–Crippen MR) is 116 cm³/mol. The van der Waals surface area contributed by atoms with Gasteiger partial charge in [-0.05, 0) is 61.6 Å². The third-order valence-corrected chi connectivity index (χ3v) is 5.94. The molecule has 2 aromatic rings. The molecule has 1 unspecified atom stereocenters. The first-order chi connectivity index (χ1) is 14.2. The van der Waals surface area contributed by atoms with E-state index in [1.54, 1.807) is 0 Å². The molecule has 0 aliphatic carbocycles. The highest BCUT2D eigenvalue weighted by atomic mass is 16.2. The molecule has 0 bridgehead atoms. The zero-order valence-corrected chi connectivity index (χ0v) is 17.1. The molecule has 2 aliphatic rings. The first-order valence-corrected chi connectivity index (χ1v) is 10.7. The third-order valence-electron chi connectivity index (χ3n) is 5.94. The Morgan fingerprint density at radius 1 is 1.07 bits per heavy atom. The van der Waals surface area contributed by atoms with Crippen LogP contribution in [0.15, 0.2) is 48.5 Å². The topological polar surface area (TPSA) is 52.7 Å². The number of carbonyl (C=O) groups is 2. The second-order valence-electron chi connectivity index (χ2n) is 8.00. The van der Waals surface area contributed by atoms with Crippen molar-refractivity contribution in [3.8, 4) is 0 Å². The molecule has 4 rings (SSSR count). The largest absolute Gasteiger partial charge is 0.342 e. The normalized spacial score (nSPS) is 18.4. The molecule has 1 N–H and O–H groups in total. The van der Waals surface area contributed by atoms with E-state index in [1.807, 2.05) is 24.0 Å². The van der Waals surface area contributed by atoms with E-state index in [0.717, 1.165) is 50.1 Å². The highest BCUT2D eigenvalue weighted by Gasteiger charge is 2.28. The molecule has 152 valence electrons. The van der Waals surface area contributed by atoms with Crippen LogP contribution in [0.4, 0.5) is 17.1 Å². The van der Waals surface area contributed by atoms with Gasteiger partial charge in [-0.25, -0.2) is 0 Å². The Balaban J connectivity index is 1.38.